The van der Waals surface area contributed by atoms with Gasteiger partial charge in [0, 0.05) is 38.5 Å². The lowest BCUT2D eigenvalue weighted by molar-refractivity contribution is -0.0337. The van der Waals surface area contributed by atoms with Gasteiger partial charge in [0.25, 0.3) is 5.91 Å². The Hall–Kier alpha value is -2.28. The monoisotopic (exact) mass is 315 g/mol. The second kappa shape index (κ2) is 6.87. The molecule has 2 aromatic heterocycles. The molecule has 0 radical (unpaired) electrons. The molecule has 0 aromatic carbocycles. The average Bonchev–Trinajstić information content (AvgIpc) is 2.99. The predicted octanol–water partition coefficient (Wildman–Crippen LogP) is 1.42. The topological polar surface area (TPSA) is 81.9 Å². The number of aryl methyl sites for hydroxylation is 2. The van der Waals surface area contributed by atoms with E-state index in [0.717, 1.165) is 31.0 Å². The number of hydrogen-bond donors (Lipinski definition) is 1. The van der Waals surface area contributed by atoms with Crippen molar-refractivity contribution in [3.63, 3.8) is 0 Å². The second-order valence-electron chi connectivity index (χ2n) is 5.89. The van der Waals surface area contributed by atoms with Gasteiger partial charge in [-0.15, -0.1) is 0 Å². The van der Waals surface area contributed by atoms with Crippen LogP contribution in [0.1, 0.15) is 40.8 Å². The summed E-state index contributed by atoms with van der Waals surface area (Å²) in [5.74, 6) is 0.988. The summed E-state index contributed by atoms with van der Waals surface area (Å²) in [4.78, 5) is 16.7. The number of carbonyl (C=O) groups excluding carboxylic acids is 1. The first kappa shape index (κ1) is 15.6. The van der Waals surface area contributed by atoms with Gasteiger partial charge in [-0.05, 0) is 25.8 Å². The highest BCUT2D eigenvalue weighted by Gasteiger charge is 2.30. The molecule has 2 atom stereocenters. The van der Waals surface area contributed by atoms with Gasteiger partial charge in [-0.3, -0.25) is 4.79 Å². The van der Waals surface area contributed by atoms with Crippen LogP contribution >= 0.6 is 0 Å². The van der Waals surface area contributed by atoms with Crippen LogP contribution in [0.3, 0.4) is 0 Å². The van der Waals surface area contributed by atoms with E-state index in [2.05, 4.69) is 20.5 Å². The Balaban J connectivity index is 1.66. The van der Waals surface area contributed by atoms with E-state index < -0.39 is 0 Å². The minimum atomic E-state index is -0.132. The van der Waals surface area contributed by atoms with Crippen LogP contribution in [0, 0.1) is 12.8 Å². The molecule has 0 spiro atoms. The van der Waals surface area contributed by atoms with Crippen LogP contribution in [0.15, 0.2) is 24.7 Å². The molecule has 1 amide bonds. The van der Waals surface area contributed by atoms with Crippen molar-refractivity contribution in [3.8, 4) is 0 Å². The molecule has 3 heterocycles. The second-order valence-corrected chi connectivity index (χ2v) is 5.89. The molecule has 3 rings (SSSR count). The number of carbonyl (C=O) groups is 1. The minimum Gasteiger partial charge on any atom is -0.370 e. The quantitative estimate of drug-likeness (QED) is 0.922. The molecule has 7 nitrogen and oxygen atoms in total. The van der Waals surface area contributed by atoms with Crippen LogP contribution in [-0.2, 0) is 11.8 Å². The van der Waals surface area contributed by atoms with Crippen LogP contribution in [-0.4, -0.2) is 38.8 Å². The number of nitrogens with one attached hydrogen (secondary N) is 1. The normalized spacial score (nSPS) is 21.1. The number of rotatable bonds is 4. The van der Waals surface area contributed by atoms with E-state index in [1.807, 2.05) is 24.7 Å². The van der Waals surface area contributed by atoms with Crippen LogP contribution < -0.4 is 5.32 Å². The fraction of sp³-hybridized carbons (Fsp3) is 0.500. The summed E-state index contributed by atoms with van der Waals surface area (Å²) in [5.41, 5.74) is 1.26. The first-order chi connectivity index (χ1) is 11.1. The molecular weight excluding hydrogens is 294 g/mol. The van der Waals surface area contributed by atoms with Crippen LogP contribution in [0.5, 0.6) is 0 Å². The fourth-order valence-corrected chi connectivity index (χ4v) is 2.91. The van der Waals surface area contributed by atoms with E-state index in [-0.39, 0.29) is 17.9 Å². The summed E-state index contributed by atoms with van der Waals surface area (Å²) in [6, 6.07) is 1.73. The number of ether oxygens (including phenoxy) is 1. The van der Waals surface area contributed by atoms with Gasteiger partial charge in [0.1, 0.15) is 11.9 Å². The van der Waals surface area contributed by atoms with Crippen molar-refractivity contribution in [3.05, 3.63) is 41.7 Å². The third-order valence-corrected chi connectivity index (χ3v) is 4.12. The Morgan fingerprint density at radius 2 is 2.39 bits per heavy atom. The molecule has 0 saturated carbocycles. The molecule has 7 heteroatoms. The summed E-state index contributed by atoms with van der Waals surface area (Å²) in [5, 5.41) is 10.7. The van der Waals surface area contributed by atoms with Crippen molar-refractivity contribution >= 4 is 5.91 Å². The molecule has 0 bridgehead atoms. The molecule has 122 valence electrons. The van der Waals surface area contributed by atoms with Gasteiger partial charge in [0.15, 0.2) is 0 Å². The Morgan fingerprint density at radius 3 is 3.13 bits per heavy atom. The Labute approximate surface area is 135 Å². The Bertz CT molecular complexity index is 685. The van der Waals surface area contributed by atoms with E-state index in [9.17, 15) is 4.79 Å². The van der Waals surface area contributed by atoms with Crippen molar-refractivity contribution in [2.24, 2.45) is 13.0 Å². The van der Waals surface area contributed by atoms with Crippen LogP contribution in [0.25, 0.3) is 0 Å². The van der Waals surface area contributed by atoms with Gasteiger partial charge < -0.3 is 14.6 Å². The summed E-state index contributed by atoms with van der Waals surface area (Å²) in [7, 11) is 1.96. The predicted molar refractivity (Wildman–Crippen MR) is 83.7 cm³/mol. The number of amides is 1. The molecule has 1 aliphatic heterocycles. The maximum absolute atomic E-state index is 12.3. The van der Waals surface area contributed by atoms with E-state index in [1.165, 1.54) is 6.20 Å². The maximum Gasteiger partial charge on any atom is 0.252 e. The highest BCUT2D eigenvalue weighted by atomic mass is 16.5. The van der Waals surface area contributed by atoms with Crippen LogP contribution in [0.2, 0.25) is 0 Å². The largest absolute Gasteiger partial charge is 0.370 e. The third-order valence-electron chi connectivity index (χ3n) is 4.12. The molecule has 1 saturated heterocycles. The smallest absolute Gasteiger partial charge is 0.252 e. The molecule has 0 aliphatic carbocycles. The third kappa shape index (κ3) is 3.56. The molecule has 0 unspecified atom stereocenters. The molecule has 23 heavy (non-hydrogen) atoms. The lowest BCUT2D eigenvalue weighted by atomic mass is 9.93. The van der Waals surface area contributed by atoms with Crippen molar-refractivity contribution < 1.29 is 9.53 Å². The van der Waals surface area contributed by atoms with Gasteiger partial charge in [0.2, 0.25) is 0 Å². The number of imidazole rings is 1. The first-order valence-corrected chi connectivity index (χ1v) is 7.81. The first-order valence-electron chi connectivity index (χ1n) is 7.81. The van der Waals surface area contributed by atoms with Crippen molar-refractivity contribution in [1.29, 1.82) is 0 Å². The highest BCUT2D eigenvalue weighted by Crippen LogP contribution is 2.32. The summed E-state index contributed by atoms with van der Waals surface area (Å²) in [6.45, 7) is 3.10. The van der Waals surface area contributed by atoms with Gasteiger partial charge in [-0.25, -0.2) is 4.98 Å². The zero-order valence-electron chi connectivity index (χ0n) is 13.4. The number of aromatic nitrogens is 4. The number of hydrogen-bond acceptors (Lipinski definition) is 5. The van der Waals surface area contributed by atoms with E-state index in [0.29, 0.717) is 12.1 Å². The zero-order chi connectivity index (χ0) is 16.2. The lowest BCUT2D eigenvalue weighted by Crippen LogP contribution is -2.36. The Kier molecular flexibility index (Phi) is 4.66. The van der Waals surface area contributed by atoms with E-state index in [4.69, 9.17) is 4.74 Å². The van der Waals surface area contributed by atoms with Crippen molar-refractivity contribution in [2.75, 3.05) is 13.2 Å². The fourth-order valence-electron chi connectivity index (χ4n) is 2.91. The average molecular weight is 315 g/mol. The van der Waals surface area contributed by atoms with Gasteiger partial charge >= 0.3 is 0 Å². The summed E-state index contributed by atoms with van der Waals surface area (Å²) >= 11 is 0. The summed E-state index contributed by atoms with van der Waals surface area (Å²) < 4.78 is 7.89. The van der Waals surface area contributed by atoms with Gasteiger partial charge in [-0.1, -0.05) is 0 Å². The molecule has 1 aliphatic rings. The van der Waals surface area contributed by atoms with E-state index in [1.54, 1.807) is 12.3 Å². The minimum absolute atomic E-state index is 0.0821. The standard InChI is InChI=1S/C16H21N5O2/c1-11-8-13(10-19-20-11)16(22)18-9-12-4-3-7-23-14(12)15-17-5-6-21(15)2/h5-6,8,10,12,14H,3-4,7,9H2,1-2H3,(H,18,22)/t12-,14+/m0/s1. The van der Waals surface area contributed by atoms with Crippen molar-refractivity contribution in [2.45, 2.75) is 25.9 Å². The highest BCUT2D eigenvalue weighted by molar-refractivity contribution is 5.93. The zero-order valence-corrected chi connectivity index (χ0v) is 13.4. The SMILES string of the molecule is Cc1cc(C(=O)NC[C@@H]2CCCO[C@H]2c2nccn2C)cnn1. The van der Waals surface area contributed by atoms with E-state index >= 15 is 0 Å². The molecule has 2 aromatic rings. The molecule has 1 fully saturated rings. The van der Waals surface area contributed by atoms with Gasteiger partial charge in [-0.2, -0.15) is 10.2 Å². The maximum atomic E-state index is 12.3. The number of nitrogens with zero attached hydrogens (tertiary/aromatic N) is 4. The lowest BCUT2D eigenvalue weighted by Gasteiger charge is -2.31. The summed E-state index contributed by atoms with van der Waals surface area (Å²) in [6.07, 6.45) is 7.09. The van der Waals surface area contributed by atoms with Crippen LogP contribution in [0.4, 0.5) is 0 Å². The molecular formula is C16H21N5O2. The van der Waals surface area contributed by atoms with Crippen molar-refractivity contribution in [1.82, 2.24) is 25.1 Å². The Morgan fingerprint density at radius 1 is 1.52 bits per heavy atom. The van der Waals surface area contributed by atoms with Gasteiger partial charge in [0.05, 0.1) is 17.5 Å². The molecule has 1 N–H and O–H groups in total.